The monoisotopic (exact) mass is 294 g/mol. The molecule has 2 heterocycles. The third-order valence-corrected chi connectivity index (χ3v) is 3.60. The number of carbonyl (C=O) groups excluding carboxylic acids is 1. The van der Waals surface area contributed by atoms with Crippen LogP contribution in [0.5, 0.6) is 0 Å². The zero-order chi connectivity index (χ0) is 12.4. The van der Waals surface area contributed by atoms with E-state index in [4.69, 9.17) is 5.26 Å². The van der Waals surface area contributed by atoms with Crippen LogP contribution in [0.2, 0.25) is 0 Å². The number of carbonyl (C=O) groups is 1. The fraction of sp³-hybridized carbons (Fsp3) is 0.455. The molecule has 1 saturated heterocycles. The lowest BCUT2D eigenvalue weighted by molar-refractivity contribution is -0.117. The molecule has 1 aromatic rings. The van der Waals surface area contributed by atoms with Gasteiger partial charge in [0.15, 0.2) is 5.82 Å². The number of nitriles is 1. The van der Waals surface area contributed by atoms with Crippen molar-refractivity contribution in [1.29, 1.82) is 5.26 Å². The molecule has 0 N–H and O–H groups in total. The van der Waals surface area contributed by atoms with Crippen LogP contribution in [0.4, 0.5) is 5.82 Å². The van der Waals surface area contributed by atoms with Crippen molar-refractivity contribution in [3.63, 3.8) is 0 Å². The predicted octanol–water partition coefficient (Wildman–Crippen LogP) is 1.40. The van der Waals surface area contributed by atoms with Crippen molar-refractivity contribution in [3.8, 4) is 6.07 Å². The molecule has 1 atom stereocenters. The summed E-state index contributed by atoms with van der Waals surface area (Å²) in [5.41, 5.74) is 0.346. The van der Waals surface area contributed by atoms with Crippen LogP contribution in [0.3, 0.4) is 0 Å². The molecule has 1 unspecified atom stereocenters. The SMILES string of the molecule is Cc1ncc(C#N)c(N2CC(CBr)CC2=O)n1. The predicted molar refractivity (Wildman–Crippen MR) is 65.7 cm³/mol. The zero-order valence-electron chi connectivity index (χ0n) is 9.35. The number of aromatic nitrogens is 2. The summed E-state index contributed by atoms with van der Waals surface area (Å²) in [5.74, 6) is 1.30. The summed E-state index contributed by atoms with van der Waals surface area (Å²) < 4.78 is 0. The van der Waals surface area contributed by atoms with E-state index in [9.17, 15) is 4.79 Å². The molecule has 0 aliphatic carbocycles. The molecule has 0 spiro atoms. The fourth-order valence-corrected chi connectivity index (χ4v) is 2.27. The highest BCUT2D eigenvalue weighted by atomic mass is 79.9. The average Bonchev–Trinajstić information content (AvgIpc) is 2.70. The summed E-state index contributed by atoms with van der Waals surface area (Å²) in [5, 5.41) is 9.78. The van der Waals surface area contributed by atoms with Crippen LogP contribution in [0.25, 0.3) is 0 Å². The minimum absolute atomic E-state index is 0.0176. The third-order valence-electron chi connectivity index (χ3n) is 2.69. The van der Waals surface area contributed by atoms with Gasteiger partial charge in [-0.15, -0.1) is 0 Å². The molecule has 6 heteroatoms. The van der Waals surface area contributed by atoms with Crippen molar-refractivity contribution in [3.05, 3.63) is 17.6 Å². The van der Waals surface area contributed by atoms with Crippen molar-refractivity contribution in [2.75, 3.05) is 16.8 Å². The van der Waals surface area contributed by atoms with Crippen LogP contribution >= 0.6 is 15.9 Å². The molecule has 1 amide bonds. The van der Waals surface area contributed by atoms with Gasteiger partial charge in [-0.05, 0) is 12.8 Å². The Hall–Kier alpha value is -1.48. The van der Waals surface area contributed by atoms with E-state index in [0.717, 1.165) is 5.33 Å². The van der Waals surface area contributed by atoms with E-state index in [-0.39, 0.29) is 11.8 Å². The highest BCUT2D eigenvalue weighted by molar-refractivity contribution is 9.09. The second-order valence-corrected chi connectivity index (χ2v) is 4.64. The molecule has 17 heavy (non-hydrogen) atoms. The van der Waals surface area contributed by atoms with E-state index in [0.29, 0.717) is 30.2 Å². The summed E-state index contributed by atoms with van der Waals surface area (Å²) in [6.45, 7) is 2.35. The number of aryl methyl sites for hydroxylation is 1. The Morgan fingerprint density at radius 2 is 2.47 bits per heavy atom. The number of halogens is 1. The normalized spacial score (nSPS) is 19.5. The molecular weight excluding hydrogens is 284 g/mol. The van der Waals surface area contributed by atoms with Gasteiger partial charge in [-0.25, -0.2) is 9.97 Å². The molecule has 0 aromatic carbocycles. The molecule has 1 aromatic heterocycles. The number of hydrogen-bond donors (Lipinski definition) is 0. The Morgan fingerprint density at radius 3 is 3.06 bits per heavy atom. The minimum atomic E-state index is 0.0176. The van der Waals surface area contributed by atoms with Crippen LogP contribution < -0.4 is 4.90 Å². The maximum Gasteiger partial charge on any atom is 0.228 e. The summed E-state index contributed by atoms with van der Waals surface area (Å²) in [4.78, 5) is 21.6. The molecule has 2 rings (SSSR count). The lowest BCUT2D eigenvalue weighted by atomic mass is 10.2. The van der Waals surface area contributed by atoms with Crippen molar-refractivity contribution in [2.45, 2.75) is 13.3 Å². The first-order valence-electron chi connectivity index (χ1n) is 5.25. The van der Waals surface area contributed by atoms with Gasteiger partial charge in [0.1, 0.15) is 17.5 Å². The Balaban J connectivity index is 2.37. The van der Waals surface area contributed by atoms with E-state index in [1.807, 2.05) is 6.07 Å². The molecule has 0 radical (unpaired) electrons. The van der Waals surface area contributed by atoms with Crippen LogP contribution in [-0.2, 0) is 4.79 Å². The highest BCUT2D eigenvalue weighted by Gasteiger charge is 2.32. The van der Waals surface area contributed by atoms with Gasteiger partial charge in [0, 0.05) is 18.3 Å². The van der Waals surface area contributed by atoms with Gasteiger partial charge in [0.05, 0.1) is 6.20 Å². The van der Waals surface area contributed by atoms with Gasteiger partial charge >= 0.3 is 0 Å². The Bertz CT molecular complexity index is 497. The first-order valence-corrected chi connectivity index (χ1v) is 6.38. The van der Waals surface area contributed by atoms with Crippen molar-refractivity contribution >= 4 is 27.7 Å². The van der Waals surface area contributed by atoms with E-state index in [1.54, 1.807) is 11.8 Å². The molecule has 1 aliphatic heterocycles. The second kappa shape index (κ2) is 4.80. The number of nitrogens with zero attached hydrogens (tertiary/aromatic N) is 4. The maximum atomic E-state index is 11.9. The smallest absolute Gasteiger partial charge is 0.228 e. The van der Waals surface area contributed by atoms with Gasteiger partial charge < -0.3 is 0 Å². The van der Waals surface area contributed by atoms with E-state index >= 15 is 0 Å². The number of amides is 1. The second-order valence-electron chi connectivity index (χ2n) is 4.00. The van der Waals surface area contributed by atoms with Crippen LogP contribution in [0, 0.1) is 24.2 Å². The van der Waals surface area contributed by atoms with E-state index in [1.165, 1.54) is 6.20 Å². The number of rotatable bonds is 2. The molecule has 5 nitrogen and oxygen atoms in total. The van der Waals surface area contributed by atoms with Gasteiger partial charge in [-0.2, -0.15) is 5.26 Å². The lowest BCUT2D eigenvalue weighted by Gasteiger charge is -2.16. The van der Waals surface area contributed by atoms with E-state index < -0.39 is 0 Å². The minimum Gasteiger partial charge on any atom is -0.295 e. The zero-order valence-corrected chi connectivity index (χ0v) is 10.9. The third kappa shape index (κ3) is 2.29. The first kappa shape index (κ1) is 12.0. The highest BCUT2D eigenvalue weighted by Crippen LogP contribution is 2.26. The molecule has 0 saturated carbocycles. The Morgan fingerprint density at radius 1 is 1.71 bits per heavy atom. The number of hydrogen-bond acceptors (Lipinski definition) is 4. The largest absolute Gasteiger partial charge is 0.295 e. The average molecular weight is 295 g/mol. The van der Waals surface area contributed by atoms with Crippen LogP contribution in [0.15, 0.2) is 6.20 Å². The first-order chi connectivity index (χ1) is 8.15. The van der Waals surface area contributed by atoms with Gasteiger partial charge in [0.25, 0.3) is 0 Å². The maximum absolute atomic E-state index is 11.9. The van der Waals surface area contributed by atoms with Gasteiger partial charge in [-0.3, -0.25) is 9.69 Å². The van der Waals surface area contributed by atoms with E-state index in [2.05, 4.69) is 25.9 Å². The van der Waals surface area contributed by atoms with Crippen molar-refractivity contribution < 1.29 is 4.79 Å². The molecule has 88 valence electrons. The summed E-state index contributed by atoms with van der Waals surface area (Å²) in [7, 11) is 0. The van der Waals surface area contributed by atoms with Crippen molar-refractivity contribution in [2.24, 2.45) is 5.92 Å². The molecule has 1 fully saturated rings. The Kier molecular flexibility index (Phi) is 3.38. The molecule has 1 aliphatic rings. The van der Waals surface area contributed by atoms with Crippen LogP contribution in [0.1, 0.15) is 17.8 Å². The number of alkyl halides is 1. The summed E-state index contributed by atoms with van der Waals surface area (Å²) in [6.07, 6.45) is 1.96. The quantitative estimate of drug-likeness (QED) is 0.773. The summed E-state index contributed by atoms with van der Waals surface area (Å²) in [6, 6.07) is 2.02. The molecular formula is C11H11BrN4O. The molecule has 0 bridgehead atoms. The fourth-order valence-electron chi connectivity index (χ4n) is 1.83. The van der Waals surface area contributed by atoms with Crippen LogP contribution in [-0.4, -0.2) is 27.7 Å². The summed E-state index contributed by atoms with van der Waals surface area (Å²) >= 11 is 3.38. The van der Waals surface area contributed by atoms with Gasteiger partial charge in [-0.1, -0.05) is 15.9 Å². The Labute approximate surface area is 108 Å². The van der Waals surface area contributed by atoms with Gasteiger partial charge in [0.2, 0.25) is 5.91 Å². The number of anilines is 1. The lowest BCUT2D eigenvalue weighted by Crippen LogP contribution is -2.27. The van der Waals surface area contributed by atoms with Crippen molar-refractivity contribution in [1.82, 2.24) is 9.97 Å². The standard InChI is InChI=1S/C11H11BrN4O/c1-7-14-5-9(4-13)11(15-7)16-6-8(3-12)2-10(16)17/h5,8H,2-3,6H2,1H3. The topological polar surface area (TPSA) is 69.9 Å².